The molecular formula is C21H27F3N4O6. The molecule has 1 saturated carbocycles. The highest BCUT2D eigenvalue weighted by Gasteiger charge is 2.32. The Balaban J connectivity index is 1.79. The van der Waals surface area contributed by atoms with Crippen molar-refractivity contribution in [2.24, 2.45) is 0 Å². The molecule has 0 saturated heterocycles. The summed E-state index contributed by atoms with van der Waals surface area (Å²) < 4.78 is 43.3. The third-order valence-corrected chi connectivity index (χ3v) is 5.30. The maximum atomic E-state index is 12.8. The Morgan fingerprint density at radius 1 is 1.12 bits per heavy atom. The Labute approximate surface area is 194 Å². The zero-order valence-corrected chi connectivity index (χ0v) is 18.7. The van der Waals surface area contributed by atoms with Gasteiger partial charge in [-0.2, -0.15) is 13.2 Å². The van der Waals surface area contributed by atoms with Crippen molar-refractivity contribution in [1.82, 2.24) is 20.4 Å². The third-order valence-electron chi connectivity index (χ3n) is 5.30. The maximum Gasteiger partial charge on any atom is 0.416 e. The fraction of sp³-hybridized carbons (Fsp3) is 0.524. The zero-order valence-electron chi connectivity index (χ0n) is 18.7. The summed E-state index contributed by atoms with van der Waals surface area (Å²) in [5, 5.41) is 14.4. The van der Waals surface area contributed by atoms with Crippen molar-refractivity contribution in [1.29, 1.82) is 0 Å². The van der Waals surface area contributed by atoms with E-state index in [-0.39, 0.29) is 17.6 Å². The lowest BCUT2D eigenvalue weighted by Gasteiger charge is -2.35. The van der Waals surface area contributed by atoms with Crippen LogP contribution in [0.3, 0.4) is 0 Å². The molecule has 1 aromatic rings. The lowest BCUT2D eigenvalue weighted by atomic mass is 9.90. The molecule has 0 radical (unpaired) electrons. The minimum atomic E-state index is -4.59. The van der Waals surface area contributed by atoms with E-state index >= 15 is 0 Å². The fourth-order valence-electron chi connectivity index (χ4n) is 3.48. The Morgan fingerprint density at radius 2 is 1.76 bits per heavy atom. The lowest BCUT2D eigenvalue weighted by molar-refractivity contribution is -0.137. The molecule has 0 unspecified atom stereocenters. The molecule has 0 atom stereocenters. The molecule has 34 heavy (non-hydrogen) atoms. The average molecular weight is 488 g/mol. The predicted molar refractivity (Wildman–Crippen MR) is 113 cm³/mol. The van der Waals surface area contributed by atoms with E-state index in [1.54, 1.807) is 0 Å². The first kappa shape index (κ1) is 26.7. The highest BCUT2D eigenvalue weighted by atomic mass is 19.4. The van der Waals surface area contributed by atoms with Crippen LogP contribution >= 0.6 is 0 Å². The third kappa shape index (κ3) is 7.81. The van der Waals surface area contributed by atoms with E-state index in [9.17, 15) is 37.5 Å². The van der Waals surface area contributed by atoms with Crippen LogP contribution in [0.4, 0.5) is 22.8 Å². The molecule has 0 aromatic heterocycles. The SMILES string of the molecule is CN(C)C(=O)OCN(C(=O)O)C1CCC(NC(=O)CNC(=O)c2cccc(C(F)(F)F)c2)CC1. The quantitative estimate of drug-likeness (QED) is 0.506. The Bertz CT molecular complexity index is 901. The first-order valence-electron chi connectivity index (χ1n) is 10.5. The van der Waals surface area contributed by atoms with Crippen LogP contribution in [0.1, 0.15) is 41.6 Å². The summed E-state index contributed by atoms with van der Waals surface area (Å²) in [6, 6.07) is 3.23. The van der Waals surface area contributed by atoms with Crippen molar-refractivity contribution >= 4 is 24.0 Å². The van der Waals surface area contributed by atoms with Crippen LogP contribution in [0, 0.1) is 0 Å². The first-order chi connectivity index (χ1) is 15.9. The van der Waals surface area contributed by atoms with E-state index in [2.05, 4.69) is 10.6 Å². The molecule has 0 aliphatic heterocycles. The molecule has 4 amide bonds. The largest absolute Gasteiger partial charge is 0.465 e. The Kier molecular flexibility index (Phi) is 9.10. The average Bonchev–Trinajstić information content (AvgIpc) is 2.77. The molecule has 1 aliphatic rings. The summed E-state index contributed by atoms with van der Waals surface area (Å²) in [7, 11) is 2.95. The number of nitrogens with zero attached hydrogens (tertiary/aromatic N) is 2. The van der Waals surface area contributed by atoms with Gasteiger partial charge in [-0.1, -0.05) is 6.07 Å². The summed E-state index contributed by atoms with van der Waals surface area (Å²) in [5.41, 5.74) is -1.18. The number of ether oxygens (including phenoxy) is 1. The van der Waals surface area contributed by atoms with E-state index in [0.717, 1.165) is 17.0 Å². The van der Waals surface area contributed by atoms with Gasteiger partial charge in [0.25, 0.3) is 5.91 Å². The van der Waals surface area contributed by atoms with Gasteiger partial charge in [0, 0.05) is 31.7 Å². The second-order valence-corrected chi connectivity index (χ2v) is 8.02. The Morgan fingerprint density at radius 3 is 2.32 bits per heavy atom. The number of amides is 4. The molecule has 10 nitrogen and oxygen atoms in total. The van der Waals surface area contributed by atoms with Crippen LogP contribution in [0.25, 0.3) is 0 Å². The van der Waals surface area contributed by atoms with E-state index in [4.69, 9.17) is 4.74 Å². The van der Waals surface area contributed by atoms with Crippen molar-refractivity contribution in [2.45, 2.75) is 43.9 Å². The predicted octanol–water partition coefficient (Wildman–Crippen LogP) is 2.50. The van der Waals surface area contributed by atoms with E-state index < -0.39 is 49.0 Å². The van der Waals surface area contributed by atoms with Crippen LogP contribution in [-0.4, -0.2) is 78.4 Å². The molecule has 0 heterocycles. The van der Waals surface area contributed by atoms with Gasteiger partial charge in [-0.3, -0.25) is 14.5 Å². The molecule has 0 spiro atoms. The molecule has 188 valence electrons. The summed E-state index contributed by atoms with van der Waals surface area (Å²) in [6.45, 7) is -0.827. The number of carboxylic acid groups (broad SMARTS) is 1. The lowest BCUT2D eigenvalue weighted by Crippen LogP contribution is -2.48. The van der Waals surface area contributed by atoms with Crippen molar-refractivity contribution < 1.29 is 42.2 Å². The van der Waals surface area contributed by atoms with Gasteiger partial charge in [-0.15, -0.1) is 0 Å². The molecule has 1 aromatic carbocycles. The minimum Gasteiger partial charge on any atom is -0.465 e. The minimum absolute atomic E-state index is 0.216. The number of halogens is 3. The zero-order chi connectivity index (χ0) is 25.5. The van der Waals surface area contributed by atoms with Gasteiger partial charge in [-0.05, 0) is 43.9 Å². The van der Waals surface area contributed by atoms with Gasteiger partial charge in [0.15, 0.2) is 6.73 Å². The van der Waals surface area contributed by atoms with Gasteiger partial charge in [0.05, 0.1) is 12.1 Å². The standard InChI is InChI=1S/C21H27F3N4O6/c1-27(2)20(33)34-12-28(19(31)32)16-8-6-15(7-9-16)26-17(29)11-25-18(30)13-4-3-5-14(10-13)21(22,23)24/h3-5,10,15-16H,6-9,11-12H2,1-2H3,(H,25,30)(H,26,29)(H,31,32). The number of hydrogen-bond donors (Lipinski definition) is 3. The fourth-order valence-corrected chi connectivity index (χ4v) is 3.48. The molecule has 13 heteroatoms. The van der Waals surface area contributed by atoms with Crippen LogP contribution in [0.2, 0.25) is 0 Å². The highest BCUT2D eigenvalue weighted by Crippen LogP contribution is 2.29. The van der Waals surface area contributed by atoms with Gasteiger partial charge in [-0.25, -0.2) is 9.59 Å². The molecule has 1 fully saturated rings. The number of nitrogens with one attached hydrogen (secondary N) is 2. The molecule has 1 aliphatic carbocycles. The van der Waals surface area contributed by atoms with Gasteiger partial charge in [0.2, 0.25) is 5.91 Å². The van der Waals surface area contributed by atoms with Gasteiger partial charge in [0.1, 0.15) is 0 Å². The van der Waals surface area contributed by atoms with Crippen LogP contribution in [-0.2, 0) is 15.7 Å². The molecular weight excluding hydrogens is 461 g/mol. The summed E-state index contributed by atoms with van der Waals surface area (Å²) in [4.78, 5) is 49.6. The summed E-state index contributed by atoms with van der Waals surface area (Å²) in [6.07, 6.45) is -4.71. The van der Waals surface area contributed by atoms with Crippen molar-refractivity contribution in [3.05, 3.63) is 35.4 Å². The monoisotopic (exact) mass is 488 g/mol. The smallest absolute Gasteiger partial charge is 0.416 e. The normalized spacial score (nSPS) is 17.9. The number of rotatable bonds is 7. The number of carbonyl (C=O) groups excluding carboxylic acids is 3. The second kappa shape index (κ2) is 11.6. The molecule has 2 rings (SSSR count). The van der Waals surface area contributed by atoms with Crippen LogP contribution in [0.5, 0.6) is 0 Å². The van der Waals surface area contributed by atoms with E-state index in [0.29, 0.717) is 31.7 Å². The maximum absolute atomic E-state index is 12.8. The van der Waals surface area contributed by atoms with Gasteiger partial charge >= 0.3 is 18.4 Å². The van der Waals surface area contributed by atoms with E-state index in [1.165, 1.54) is 25.1 Å². The van der Waals surface area contributed by atoms with Gasteiger partial charge < -0.3 is 25.4 Å². The number of benzene rings is 1. The Hall–Kier alpha value is -3.51. The van der Waals surface area contributed by atoms with Crippen molar-refractivity contribution in [3.63, 3.8) is 0 Å². The second-order valence-electron chi connectivity index (χ2n) is 8.02. The number of alkyl halides is 3. The number of hydrogen-bond acceptors (Lipinski definition) is 5. The van der Waals surface area contributed by atoms with E-state index in [1.807, 2.05) is 0 Å². The van der Waals surface area contributed by atoms with Crippen molar-refractivity contribution in [2.75, 3.05) is 27.4 Å². The van der Waals surface area contributed by atoms with Crippen LogP contribution < -0.4 is 10.6 Å². The summed E-state index contributed by atoms with van der Waals surface area (Å²) in [5.74, 6) is -1.33. The van der Waals surface area contributed by atoms with Crippen molar-refractivity contribution in [3.8, 4) is 0 Å². The molecule has 3 N–H and O–H groups in total. The number of carbonyl (C=O) groups is 4. The molecule has 0 bridgehead atoms. The summed E-state index contributed by atoms with van der Waals surface area (Å²) >= 11 is 0. The first-order valence-corrected chi connectivity index (χ1v) is 10.5. The van der Waals surface area contributed by atoms with Crippen LogP contribution in [0.15, 0.2) is 24.3 Å². The highest BCUT2D eigenvalue weighted by molar-refractivity contribution is 5.96. The topological polar surface area (TPSA) is 128 Å².